The lowest BCUT2D eigenvalue weighted by molar-refractivity contribution is -0.129. The van der Waals surface area contributed by atoms with Crippen LogP contribution in [0.15, 0.2) is 54.6 Å². The molecule has 1 aliphatic carbocycles. The van der Waals surface area contributed by atoms with Gasteiger partial charge in [0.05, 0.1) is 0 Å². The van der Waals surface area contributed by atoms with E-state index in [4.69, 9.17) is 16.3 Å². The Hall–Kier alpha value is -2.28. The zero-order valence-corrected chi connectivity index (χ0v) is 21.5. The number of nitrogens with zero attached hydrogens (tertiary/aromatic N) is 1. The van der Waals surface area contributed by atoms with E-state index in [1.807, 2.05) is 18.2 Å². The SMILES string of the molecule is Cl.O=C(Nc1ccc(Cl)cc1)O[C@@H](C(=O)NCC1CCN(C2CCCCC2)CC1)c1ccccc1. The zero-order valence-electron chi connectivity index (χ0n) is 20.0. The molecular weight excluding hydrogens is 485 g/mol. The van der Waals surface area contributed by atoms with E-state index < -0.39 is 12.2 Å². The number of nitrogens with one attached hydrogen (secondary N) is 2. The van der Waals surface area contributed by atoms with E-state index >= 15 is 0 Å². The highest BCUT2D eigenvalue weighted by Crippen LogP contribution is 2.27. The number of hydrogen-bond donors (Lipinski definition) is 2. The van der Waals surface area contributed by atoms with Crippen LogP contribution in [0.5, 0.6) is 0 Å². The number of anilines is 1. The van der Waals surface area contributed by atoms with Crippen molar-refractivity contribution >= 4 is 41.7 Å². The van der Waals surface area contributed by atoms with E-state index in [2.05, 4.69) is 15.5 Å². The number of likely N-dealkylation sites (tertiary alicyclic amines) is 1. The van der Waals surface area contributed by atoms with Gasteiger partial charge in [0.1, 0.15) is 0 Å². The quantitative estimate of drug-likeness (QED) is 0.455. The molecule has 2 N–H and O–H groups in total. The summed E-state index contributed by atoms with van der Waals surface area (Å²) < 4.78 is 5.57. The molecular formula is C27H35Cl2N3O3. The maximum atomic E-state index is 13.1. The lowest BCUT2D eigenvalue weighted by Gasteiger charge is -2.39. The molecule has 1 aliphatic heterocycles. The van der Waals surface area contributed by atoms with Gasteiger partial charge in [0.25, 0.3) is 5.91 Å². The summed E-state index contributed by atoms with van der Waals surface area (Å²) >= 11 is 5.90. The largest absolute Gasteiger partial charge is 0.431 e. The summed E-state index contributed by atoms with van der Waals surface area (Å²) in [7, 11) is 0. The monoisotopic (exact) mass is 519 g/mol. The Kier molecular flexibility index (Phi) is 10.7. The summed E-state index contributed by atoms with van der Waals surface area (Å²) in [5.74, 6) is 0.148. The molecule has 0 aromatic heterocycles. The second-order valence-corrected chi connectivity index (χ2v) is 9.78. The number of halogens is 2. The lowest BCUT2D eigenvalue weighted by atomic mass is 9.90. The van der Waals surface area contributed by atoms with E-state index in [0.29, 0.717) is 28.7 Å². The van der Waals surface area contributed by atoms with E-state index in [1.54, 1.807) is 36.4 Å². The predicted molar refractivity (Wildman–Crippen MR) is 142 cm³/mol. The van der Waals surface area contributed by atoms with Crippen LogP contribution in [0.4, 0.5) is 10.5 Å². The lowest BCUT2D eigenvalue weighted by Crippen LogP contribution is -2.45. The molecule has 2 aromatic carbocycles. The maximum Gasteiger partial charge on any atom is 0.412 e. The van der Waals surface area contributed by atoms with Crippen LogP contribution in [0.1, 0.15) is 56.6 Å². The van der Waals surface area contributed by atoms with Gasteiger partial charge in [-0.05, 0) is 69.0 Å². The number of piperidine rings is 1. The van der Waals surface area contributed by atoms with Gasteiger partial charge in [0.2, 0.25) is 6.10 Å². The fourth-order valence-electron chi connectivity index (χ4n) is 4.99. The number of carbonyl (C=O) groups is 2. The first-order valence-electron chi connectivity index (χ1n) is 12.4. The molecule has 0 spiro atoms. The summed E-state index contributed by atoms with van der Waals surface area (Å²) in [4.78, 5) is 28.3. The minimum absolute atomic E-state index is 0. The van der Waals surface area contributed by atoms with Gasteiger partial charge in [-0.1, -0.05) is 61.2 Å². The number of hydrogen-bond acceptors (Lipinski definition) is 4. The molecule has 2 aliphatic rings. The number of amides is 2. The molecule has 2 fully saturated rings. The van der Waals surface area contributed by atoms with Crippen LogP contribution in [0, 0.1) is 5.92 Å². The van der Waals surface area contributed by atoms with Gasteiger partial charge >= 0.3 is 6.09 Å². The first kappa shape index (κ1) is 27.3. The smallest absolute Gasteiger partial charge is 0.412 e. The molecule has 35 heavy (non-hydrogen) atoms. The van der Waals surface area contributed by atoms with Gasteiger partial charge in [-0.25, -0.2) is 4.79 Å². The number of carbonyl (C=O) groups excluding carboxylic acids is 2. The van der Waals surface area contributed by atoms with Crippen molar-refractivity contribution in [2.45, 2.75) is 57.1 Å². The predicted octanol–water partition coefficient (Wildman–Crippen LogP) is 6.21. The second kappa shape index (κ2) is 13.7. The van der Waals surface area contributed by atoms with Crippen LogP contribution in [0.2, 0.25) is 5.02 Å². The minimum atomic E-state index is -1.02. The van der Waals surface area contributed by atoms with Crippen LogP contribution < -0.4 is 10.6 Å². The molecule has 6 nitrogen and oxygen atoms in total. The Morgan fingerprint density at radius 3 is 2.26 bits per heavy atom. The molecule has 1 saturated heterocycles. The van der Waals surface area contributed by atoms with E-state index in [-0.39, 0.29) is 18.3 Å². The summed E-state index contributed by atoms with van der Waals surface area (Å²) in [6.07, 6.45) is 7.21. The molecule has 1 heterocycles. The van der Waals surface area contributed by atoms with Crippen molar-refractivity contribution in [2.75, 3.05) is 25.0 Å². The molecule has 1 saturated carbocycles. The molecule has 0 bridgehead atoms. The van der Waals surface area contributed by atoms with Crippen LogP contribution in [-0.4, -0.2) is 42.6 Å². The first-order chi connectivity index (χ1) is 16.6. The van der Waals surface area contributed by atoms with Crippen LogP contribution in [-0.2, 0) is 9.53 Å². The average molecular weight is 521 g/mol. The molecule has 4 rings (SSSR count). The van der Waals surface area contributed by atoms with Gasteiger partial charge in [-0.15, -0.1) is 12.4 Å². The van der Waals surface area contributed by atoms with Gasteiger partial charge in [-0.2, -0.15) is 0 Å². The van der Waals surface area contributed by atoms with Crippen molar-refractivity contribution in [1.82, 2.24) is 10.2 Å². The number of benzene rings is 2. The van der Waals surface area contributed by atoms with Gasteiger partial charge in [-0.3, -0.25) is 10.1 Å². The molecule has 2 aromatic rings. The topological polar surface area (TPSA) is 70.7 Å². The Bertz CT molecular complexity index is 928. The average Bonchev–Trinajstić information content (AvgIpc) is 2.88. The number of ether oxygens (including phenoxy) is 1. The van der Waals surface area contributed by atoms with E-state index in [0.717, 1.165) is 32.0 Å². The fourth-order valence-corrected chi connectivity index (χ4v) is 5.12. The molecule has 0 radical (unpaired) electrons. The summed E-state index contributed by atoms with van der Waals surface area (Å²) in [5.41, 5.74) is 1.18. The van der Waals surface area contributed by atoms with Crippen molar-refractivity contribution in [3.63, 3.8) is 0 Å². The van der Waals surface area contributed by atoms with Crippen molar-refractivity contribution in [2.24, 2.45) is 5.92 Å². The number of rotatable bonds is 7. The Morgan fingerprint density at radius 2 is 1.60 bits per heavy atom. The minimum Gasteiger partial charge on any atom is -0.431 e. The normalized spacial score (nSPS) is 18.2. The highest BCUT2D eigenvalue weighted by Gasteiger charge is 2.29. The third kappa shape index (κ3) is 8.13. The van der Waals surface area contributed by atoms with E-state index in [1.165, 1.54) is 32.1 Å². The van der Waals surface area contributed by atoms with Gasteiger partial charge < -0.3 is 15.0 Å². The summed E-state index contributed by atoms with van der Waals surface area (Å²) in [5, 5.41) is 6.28. The Balaban J connectivity index is 0.00000342. The molecule has 8 heteroatoms. The fraction of sp³-hybridized carbons (Fsp3) is 0.481. The molecule has 0 unspecified atom stereocenters. The van der Waals surface area contributed by atoms with E-state index in [9.17, 15) is 9.59 Å². The van der Waals surface area contributed by atoms with Crippen molar-refractivity contribution in [1.29, 1.82) is 0 Å². The first-order valence-corrected chi connectivity index (χ1v) is 12.8. The highest BCUT2D eigenvalue weighted by atomic mass is 35.5. The maximum absolute atomic E-state index is 13.1. The zero-order chi connectivity index (χ0) is 23.8. The molecule has 2 amide bonds. The van der Waals surface area contributed by atoms with Crippen LogP contribution >= 0.6 is 24.0 Å². The second-order valence-electron chi connectivity index (χ2n) is 9.34. The van der Waals surface area contributed by atoms with Gasteiger partial charge in [0.15, 0.2) is 0 Å². The van der Waals surface area contributed by atoms with Gasteiger partial charge in [0, 0.05) is 28.9 Å². The Morgan fingerprint density at radius 1 is 0.943 bits per heavy atom. The van der Waals surface area contributed by atoms with Crippen LogP contribution in [0.3, 0.4) is 0 Å². The van der Waals surface area contributed by atoms with Crippen molar-refractivity contribution < 1.29 is 14.3 Å². The third-order valence-corrected chi connectivity index (χ3v) is 7.21. The van der Waals surface area contributed by atoms with Crippen LogP contribution in [0.25, 0.3) is 0 Å². The third-order valence-electron chi connectivity index (χ3n) is 6.96. The Labute approximate surface area is 219 Å². The summed E-state index contributed by atoms with van der Waals surface area (Å²) in [6, 6.07) is 16.6. The highest BCUT2D eigenvalue weighted by molar-refractivity contribution is 6.30. The van der Waals surface area contributed by atoms with Crippen molar-refractivity contribution in [3.8, 4) is 0 Å². The molecule has 190 valence electrons. The molecule has 1 atom stereocenters. The summed E-state index contributed by atoms with van der Waals surface area (Å²) in [6.45, 7) is 2.81. The van der Waals surface area contributed by atoms with Crippen molar-refractivity contribution in [3.05, 3.63) is 65.2 Å². The standard InChI is InChI=1S/C27H34ClN3O3.ClH/c28-22-11-13-23(14-12-22)30-27(33)34-25(21-7-3-1-4-8-21)26(32)29-19-20-15-17-31(18-16-20)24-9-5-2-6-10-24;/h1,3-4,7-8,11-14,20,24-25H,2,5-6,9-10,15-19H2,(H,29,32)(H,30,33);1H/t25-;/m1./s1.